The number of aliphatic hydroxyl groups excluding tert-OH is 1. The van der Waals surface area contributed by atoms with Gasteiger partial charge in [0.15, 0.2) is 0 Å². The first-order valence-electron chi connectivity index (χ1n) is 4.72. The Balaban J connectivity index is 0.000000555. The Morgan fingerprint density at radius 1 is 1.32 bits per heavy atom. The van der Waals surface area contributed by atoms with Gasteiger partial charge in [-0.1, -0.05) is 23.2 Å². The van der Waals surface area contributed by atoms with Crippen molar-refractivity contribution in [1.82, 2.24) is 0 Å². The molecule has 0 aliphatic heterocycles. The largest absolute Gasteiger partial charge is 0.396 e. The van der Waals surface area contributed by atoms with Crippen LogP contribution >= 0.6 is 23.2 Å². The molecule has 0 aliphatic carbocycles. The Bertz CT molecular complexity index is 552. The molecule has 2 N–H and O–H groups in total. The van der Waals surface area contributed by atoms with E-state index in [1.807, 2.05) is 0 Å². The predicted molar refractivity (Wildman–Crippen MR) is 71.4 cm³/mol. The summed E-state index contributed by atoms with van der Waals surface area (Å²) in [6.07, 6.45) is 0.990. The summed E-state index contributed by atoms with van der Waals surface area (Å²) >= 11 is 11.4. The smallest absolute Gasteiger partial charge is 0.288 e. The molecule has 108 valence electrons. The minimum Gasteiger partial charge on any atom is -0.396 e. The fraction of sp³-hybridized carbons (Fsp3) is 0.333. The van der Waals surface area contributed by atoms with Gasteiger partial charge in [0.2, 0.25) is 0 Å². The molecule has 0 fully saturated rings. The zero-order valence-electron chi connectivity index (χ0n) is 9.71. The number of hydrogen-bond donors (Lipinski definition) is 2. The highest BCUT2D eigenvalue weighted by atomic mass is 35.5. The molecule has 0 amide bonds. The highest BCUT2D eigenvalue weighted by molar-refractivity contribution is 7.85. The van der Waals surface area contributed by atoms with Gasteiger partial charge in [0, 0.05) is 17.7 Å². The van der Waals surface area contributed by atoms with E-state index < -0.39 is 15.0 Å². The molecular formula is C9H11Cl2NO6S. The fourth-order valence-electron chi connectivity index (χ4n) is 1.03. The molecule has 0 spiro atoms. The summed E-state index contributed by atoms with van der Waals surface area (Å²) in [6.45, 7) is -0.113. The standard InChI is InChI=1S/C8H7Cl2NO3.CH4O3S/c9-6-4-7(10)8(11(13)14)3-5(6)1-2-12;1-5(2,3)4/h3-4,12H,1-2H2;1H3,(H,2,3,4). The van der Waals surface area contributed by atoms with Gasteiger partial charge in [-0.05, 0) is 18.1 Å². The van der Waals surface area contributed by atoms with E-state index in [1.54, 1.807) is 0 Å². The lowest BCUT2D eigenvalue weighted by Crippen LogP contribution is -1.96. The minimum absolute atomic E-state index is 0.00156. The van der Waals surface area contributed by atoms with E-state index in [2.05, 4.69) is 0 Å². The van der Waals surface area contributed by atoms with Gasteiger partial charge in [-0.15, -0.1) is 0 Å². The van der Waals surface area contributed by atoms with Crippen molar-refractivity contribution in [3.8, 4) is 0 Å². The number of nitrogens with zero attached hydrogens (tertiary/aromatic N) is 1. The van der Waals surface area contributed by atoms with Gasteiger partial charge < -0.3 is 5.11 Å². The highest BCUT2D eigenvalue weighted by Crippen LogP contribution is 2.30. The number of nitro benzene ring substituents is 1. The van der Waals surface area contributed by atoms with Crippen molar-refractivity contribution in [2.45, 2.75) is 6.42 Å². The van der Waals surface area contributed by atoms with Crippen molar-refractivity contribution in [2.75, 3.05) is 12.9 Å². The molecule has 19 heavy (non-hydrogen) atoms. The lowest BCUT2D eigenvalue weighted by molar-refractivity contribution is -0.384. The maximum Gasteiger partial charge on any atom is 0.288 e. The van der Waals surface area contributed by atoms with Crippen molar-refractivity contribution in [2.24, 2.45) is 0 Å². The Labute approximate surface area is 119 Å². The average Bonchev–Trinajstić information content (AvgIpc) is 2.19. The molecule has 0 bridgehead atoms. The zero-order valence-corrected chi connectivity index (χ0v) is 12.0. The van der Waals surface area contributed by atoms with E-state index in [-0.39, 0.29) is 23.7 Å². The van der Waals surface area contributed by atoms with Crippen molar-refractivity contribution in [3.63, 3.8) is 0 Å². The number of aliphatic hydroxyl groups is 1. The Hall–Kier alpha value is -0.930. The van der Waals surface area contributed by atoms with E-state index in [0.29, 0.717) is 16.8 Å². The van der Waals surface area contributed by atoms with E-state index in [0.717, 1.165) is 0 Å². The summed E-state index contributed by atoms with van der Waals surface area (Å²) in [5.74, 6) is 0. The van der Waals surface area contributed by atoms with Crippen LogP contribution in [-0.2, 0) is 16.5 Å². The summed E-state index contributed by atoms with van der Waals surface area (Å²) in [7, 11) is -3.67. The van der Waals surface area contributed by atoms with E-state index in [1.165, 1.54) is 12.1 Å². The van der Waals surface area contributed by atoms with Gasteiger partial charge in [-0.3, -0.25) is 14.7 Å². The molecule has 0 heterocycles. The van der Waals surface area contributed by atoms with Gasteiger partial charge in [0.1, 0.15) is 5.02 Å². The van der Waals surface area contributed by atoms with Crippen LogP contribution in [0, 0.1) is 10.1 Å². The zero-order chi connectivity index (χ0) is 15.2. The van der Waals surface area contributed by atoms with Crippen molar-refractivity contribution in [1.29, 1.82) is 0 Å². The number of nitro groups is 1. The molecule has 0 unspecified atom stereocenters. The van der Waals surface area contributed by atoms with Crippen LogP contribution in [0.4, 0.5) is 5.69 Å². The molecule has 1 aromatic rings. The second-order valence-corrected chi connectivity index (χ2v) is 5.64. The summed E-state index contributed by atoms with van der Waals surface area (Å²) < 4.78 is 25.9. The van der Waals surface area contributed by atoms with Crippen LogP contribution in [0.25, 0.3) is 0 Å². The third-order valence-electron chi connectivity index (χ3n) is 1.69. The SMILES string of the molecule is CS(=O)(=O)O.O=[N+]([O-])c1cc(CCO)c(Cl)cc1Cl. The van der Waals surface area contributed by atoms with Crippen LogP contribution in [0.5, 0.6) is 0 Å². The molecule has 7 nitrogen and oxygen atoms in total. The van der Waals surface area contributed by atoms with Crippen LogP contribution in [0.15, 0.2) is 12.1 Å². The average molecular weight is 332 g/mol. The summed E-state index contributed by atoms with van der Waals surface area (Å²) in [5, 5.41) is 19.5. The molecule has 0 aromatic heterocycles. The summed E-state index contributed by atoms with van der Waals surface area (Å²) in [5.41, 5.74) is 0.324. The molecule has 0 saturated heterocycles. The van der Waals surface area contributed by atoms with Crippen molar-refractivity contribution in [3.05, 3.63) is 37.9 Å². The Morgan fingerprint density at radius 2 is 1.79 bits per heavy atom. The van der Waals surface area contributed by atoms with Crippen LogP contribution in [-0.4, -0.2) is 35.9 Å². The monoisotopic (exact) mass is 331 g/mol. The molecule has 0 aliphatic rings. The first-order valence-corrected chi connectivity index (χ1v) is 7.32. The molecule has 10 heteroatoms. The maximum atomic E-state index is 10.5. The van der Waals surface area contributed by atoms with Gasteiger partial charge in [-0.25, -0.2) is 0 Å². The quantitative estimate of drug-likeness (QED) is 0.496. The molecule has 1 aromatic carbocycles. The third kappa shape index (κ3) is 7.96. The number of rotatable bonds is 3. The van der Waals surface area contributed by atoms with Crippen LogP contribution in [0.2, 0.25) is 10.0 Å². The lowest BCUT2D eigenvalue weighted by atomic mass is 10.1. The normalized spacial score (nSPS) is 10.6. The summed E-state index contributed by atoms with van der Waals surface area (Å²) in [4.78, 5) is 9.92. The van der Waals surface area contributed by atoms with Crippen molar-refractivity contribution >= 4 is 39.0 Å². The Morgan fingerprint density at radius 3 is 2.16 bits per heavy atom. The van der Waals surface area contributed by atoms with E-state index in [9.17, 15) is 18.5 Å². The second-order valence-electron chi connectivity index (χ2n) is 3.36. The topological polar surface area (TPSA) is 118 Å². The number of benzene rings is 1. The van der Waals surface area contributed by atoms with E-state index in [4.69, 9.17) is 32.9 Å². The molecule has 0 radical (unpaired) electrons. The Kier molecular flexibility index (Phi) is 7.24. The maximum absolute atomic E-state index is 10.5. The minimum atomic E-state index is -3.67. The highest BCUT2D eigenvalue weighted by Gasteiger charge is 2.15. The molecule has 0 atom stereocenters. The third-order valence-corrected chi connectivity index (χ3v) is 2.35. The van der Waals surface area contributed by atoms with E-state index >= 15 is 0 Å². The first kappa shape index (κ1) is 18.1. The van der Waals surface area contributed by atoms with Gasteiger partial charge in [0.25, 0.3) is 15.8 Å². The predicted octanol–water partition coefficient (Wildman–Crippen LogP) is 1.94. The number of hydrogen-bond acceptors (Lipinski definition) is 5. The second kappa shape index (κ2) is 7.61. The molecule has 0 saturated carbocycles. The van der Waals surface area contributed by atoms with Crippen LogP contribution in [0.3, 0.4) is 0 Å². The molecule has 1 rings (SSSR count). The van der Waals surface area contributed by atoms with Gasteiger partial charge in [-0.2, -0.15) is 8.42 Å². The number of halogens is 2. The van der Waals surface area contributed by atoms with Crippen molar-refractivity contribution < 1.29 is 23.0 Å². The van der Waals surface area contributed by atoms with Gasteiger partial charge in [0.05, 0.1) is 11.2 Å². The first-order chi connectivity index (χ1) is 8.56. The van der Waals surface area contributed by atoms with Crippen LogP contribution < -0.4 is 0 Å². The molecular weight excluding hydrogens is 321 g/mol. The van der Waals surface area contributed by atoms with Gasteiger partial charge >= 0.3 is 0 Å². The lowest BCUT2D eigenvalue weighted by Gasteiger charge is -2.03. The fourth-order valence-corrected chi connectivity index (χ4v) is 1.58. The summed E-state index contributed by atoms with van der Waals surface area (Å²) in [6, 6.07) is 2.59. The van der Waals surface area contributed by atoms with Crippen LogP contribution in [0.1, 0.15) is 5.56 Å².